The predicted molar refractivity (Wildman–Crippen MR) is 110 cm³/mol. The van der Waals surface area contributed by atoms with Crippen LogP contribution in [0.5, 0.6) is 0 Å². The van der Waals surface area contributed by atoms with Gasteiger partial charge in [0.2, 0.25) is 0 Å². The second-order valence-electron chi connectivity index (χ2n) is 6.52. The fourth-order valence-corrected chi connectivity index (χ4v) is 3.61. The lowest BCUT2D eigenvalue weighted by molar-refractivity contribution is 0.555. The molecule has 0 unspecified atom stereocenters. The van der Waals surface area contributed by atoms with Gasteiger partial charge in [0.25, 0.3) is 0 Å². The molecule has 0 aliphatic rings. The standard InChI is InChI=1S/C22H23N3O2/c1-4-21-23-17-9-7-8-10-18(17)25(21)19-13-15-11-12-16(24(5-2)6-3)14-20(15)27-22(19)26/h7-14H,4-6H2,1-3H3. The number of hydrogen-bond donors (Lipinski definition) is 0. The van der Waals surface area contributed by atoms with Gasteiger partial charge in [-0.3, -0.25) is 4.57 Å². The van der Waals surface area contributed by atoms with Crippen molar-refractivity contribution in [2.45, 2.75) is 27.2 Å². The van der Waals surface area contributed by atoms with Gasteiger partial charge in [0, 0.05) is 36.7 Å². The van der Waals surface area contributed by atoms with Gasteiger partial charge in [-0.15, -0.1) is 0 Å². The van der Waals surface area contributed by atoms with Crippen LogP contribution in [-0.4, -0.2) is 22.6 Å². The van der Waals surface area contributed by atoms with Gasteiger partial charge in [-0.1, -0.05) is 19.1 Å². The van der Waals surface area contributed by atoms with Crippen LogP contribution in [0.3, 0.4) is 0 Å². The molecule has 0 aliphatic carbocycles. The number of fused-ring (bicyclic) bond motifs is 2. The fraction of sp³-hybridized carbons (Fsp3) is 0.273. The second-order valence-corrected chi connectivity index (χ2v) is 6.52. The summed E-state index contributed by atoms with van der Waals surface area (Å²) in [6.45, 7) is 8.08. The van der Waals surface area contributed by atoms with Gasteiger partial charge in [0.15, 0.2) is 0 Å². The molecule has 0 N–H and O–H groups in total. The average molecular weight is 361 g/mol. The van der Waals surface area contributed by atoms with E-state index in [1.54, 1.807) is 0 Å². The summed E-state index contributed by atoms with van der Waals surface area (Å²) < 4.78 is 7.63. The highest BCUT2D eigenvalue weighted by molar-refractivity contribution is 5.84. The topological polar surface area (TPSA) is 51.3 Å². The van der Waals surface area contributed by atoms with E-state index >= 15 is 0 Å². The molecule has 2 aromatic heterocycles. The summed E-state index contributed by atoms with van der Waals surface area (Å²) in [5.74, 6) is 0.850. The fourth-order valence-electron chi connectivity index (χ4n) is 3.61. The van der Waals surface area contributed by atoms with Crippen LogP contribution in [-0.2, 0) is 6.42 Å². The van der Waals surface area contributed by atoms with Crippen molar-refractivity contribution in [3.8, 4) is 5.69 Å². The minimum Gasteiger partial charge on any atom is -0.421 e. The Morgan fingerprint density at radius 3 is 2.56 bits per heavy atom. The molecule has 0 fully saturated rings. The molecule has 0 bridgehead atoms. The zero-order valence-electron chi connectivity index (χ0n) is 15.9. The molecule has 2 aromatic carbocycles. The van der Waals surface area contributed by atoms with E-state index in [9.17, 15) is 4.79 Å². The van der Waals surface area contributed by atoms with E-state index in [0.717, 1.165) is 47.4 Å². The van der Waals surface area contributed by atoms with Crippen LogP contribution in [0.25, 0.3) is 27.7 Å². The third kappa shape index (κ3) is 2.89. The van der Waals surface area contributed by atoms with Crippen molar-refractivity contribution in [1.29, 1.82) is 0 Å². The third-order valence-electron chi connectivity index (χ3n) is 5.02. The van der Waals surface area contributed by atoms with E-state index in [1.807, 2.05) is 54.0 Å². The lowest BCUT2D eigenvalue weighted by atomic mass is 10.2. The number of aromatic nitrogens is 2. The van der Waals surface area contributed by atoms with Gasteiger partial charge in [-0.25, -0.2) is 9.78 Å². The Labute approximate surface area is 157 Å². The van der Waals surface area contributed by atoms with E-state index in [1.165, 1.54) is 0 Å². The molecule has 5 nitrogen and oxygen atoms in total. The summed E-state index contributed by atoms with van der Waals surface area (Å²) in [5.41, 5.74) is 3.62. The zero-order valence-corrected chi connectivity index (χ0v) is 15.9. The molecular weight excluding hydrogens is 338 g/mol. The summed E-state index contributed by atoms with van der Waals surface area (Å²) in [6.07, 6.45) is 0.729. The Kier molecular flexibility index (Phi) is 4.44. The van der Waals surface area contributed by atoms with Crippen LogP contribution in [0.4, 0.5) is 5.69 Å². The van der Waals surface area contributed by atoms with Crippen LogP contribution < -0.4 is 10.5 Å². The van der Waals surface area contributed by atoms with E-state index < -0.39 is 0 Å². The normalized spacial score (nSPS) is 11.4. The molecule has 138 valence electrons. The van der Waals surface area contributed by atoms with Gasteiger partial charge in [-0.2, -0.15) is 0 Å². The minimum absolute atomic E-state index is 0.350. The van der Waals surface area contributed by atoms with Crippen molar-refractivity contribution in [2.75, 3.05) is 18.0 Å². The highest BCUT2D eigenvalue weighted by Crippen LogP contribution is 2.25. The molecule has 5 heteroatoms. The van der Waals surface area contributed by atoms with Crippen molar-refractivity contribution in [3.63, 3.8) is 0 Å². The number of rotatable bonds is 5. The largest absolute Gasteiger partial charge is 0.421 e. The van der Waals surface area contributed by atoms with Gasteiger partial charge in [-0.05, 0) is 44.2 Å². The Morgan fingerprint density at radius 2 is 1.81 bits per heavy atom. The second kappa shape index (κ2) is 6.91. The van der Waals surface area contributed by atoms with Crippen LogP contribution in [0.15, 0.2) is 57.7 Å². The van der Waals surface area contributed by atoms with Crippen LogP contribution in [0.1, 0.15) is 26.6 Å². The van der Waals surface area contributed by atoms with Crippen LogP contribution >= 0.6 is 0 Å². The smallest absolute Gasteiger partial charge is 0.360 e. The summed E-state index contributed by atoms with van der Waals surface area (Å²) in [7, 11) is 0. The Morgan fingerprint density at radius 1 is 1.04 bits per heavy atom. The Balaban J connectivity index is 1.93. The van der Waals surface area contributed by atoms with Crippen LogP contribution in [0, 0.1) is 0 Å². The minimum atomic E-state index is -0.350. The molecular formula is C22H23N3O2. The van der Waals surface area contributed by atoms with E-state index in [4.69, 9.17) is 4.42 Å². The van der Waals surface area contributed by atoms with E-state index in [-0.39, 0.29) is 5.63 Å². The summed E-state index contributed by atoms with van der Waals surface area (Å²) in [6, 6.07) is 15.8. The maximum atomic E-state index is 12.8. The van der Waals surface area contributed by atoms with Gasteiger partial charge >= 0.3 is 5.63 Å². The Bertz CT molecular complexity index is 1170. The van der Waals surface area contributed by atoms with Crippen molar-refractivity contribution < 1.29 is 4.42 Å². The molecule has 27 heavy (non-hydrogen) atoms. The third-order valence-corrected chi connectivity index (χ3v) is 5.02. The number of benzene rings is 2. The lowest BCUT2D eigenvalue weighted by Gasteiger charge is -2.21. The molecule has 4 aromatic rings. The maximum Gasteiger partial charge on any atom is 0.360 e. The summed E-state index contributed by atoms with van der Waals surface area (Å²) >= 11 is 0. The summed E-state index contributed by atoms with van der Waals surface area (Å²) in [5, 5.41) is 0.903. The molecule has 0 amide bonds. The van der Waals surface area contributed by atoms with Crippen molar-refractivity contribution >= 4 is 27.7 Å². The lowest BCUT2D eigenvalue weighted by Crippen LogP contribution is -2.21. The molecule has 2 heterocycles. The number of para-hydroxylation sites is 2. The number of nitrogens with zero attached hydrogens (tertiary/aromatic N) is 3. The zero-order chi connectivity index (χ0) is 19.0. The monoisotopic (exact) mass is 361 g/mol. The number of aryl methyl sites for hydroxylation is 1. The predicted octanol–water partition coefficient (Wildman–Crippen LogP) is 4.54. The highest BCUT2D eigenvalue weighted by Gasteiger charge is 2.16. The first-order chi connectivity index (χ1) is 13.2. The average Bonchev–Trinajstić information content (AvgIpc) is 3.07. The van der Waals surface area contributed by atoms with E-state index in [2.05, 4.69) is 29.8 Å². The molecule has 0 radical (unpaired) electrons. The quantitative estimate of drug-likeness (QED) is 0.490. The molecule has 0 aliphatic heterocycles. The van der Waals surface area contributed by atoms with Gasteiger partial charge in [0.05, 0.1) is 11.0 Å². The van der Waals surface area contributed by atoms with E-state index in [0.29, 0.717) is 11.3 Å². The van der Waals surface area contributed by atoms with Crippen LogP contribution in [0.2, 0.25) is 0 Å². The first kappa shape index (κ1) is 17.3. The van der Waals surface area contributed by atoms with Gasteiger partial charge < -0.3 is 9.32 Å². The van der Waals surface area contributed by atoms with Crippen molar-refractivity contribution in [2.24, 2.45) is 0 Å². The molecule has 0 saturated heterocycles. The molecule has 0 spiro atoms. The summed E-state index contributed by atoms with van der Waals surface area (Å²) in [4.78, 5) is 19.7. The first-order valence-corrected chi connectivity index (χ1v) is 9.45. The number of imidazole rings is 1. The Hall–Kier alpha value is -3.08. The SMILES string of the molecule is CCc1nc2ccccc2n1-c1cc2ccc(N(CC)CC)cc2oc1=O. The molecule has 4 rings (SSSR count). The highest BCUT2D eigenvalue weighted by atomic mass is 16.4. The van der Waals surface area contributed by atoms with Gasteiger partial charge in [0.1, 0.15) is 17.1 Å². The molecule has 0 atom stereocenters. The number of anilines is 1. The van der Waals surface area contributed by atoms with Crippen molar-refractivity contribution in [1.82, 2.24) is 9.55 Å². The maximum absolute atomic E-state index is 12.8. The number of hydrogen-bond acceptors (Lipinski definition) is 4. The molecule has 0 saturated carbocycles. The van der Waals surface area contributed by atoms with Crippen molar-refractivity contribution in [3.05, 3.63) is 64.8 Å². The first-order valence-electron chi connectivity index (χ1n) is 9.45.